The first-order valence-corrected chi connectivity index (χ1v) is 19.3. The van der Waals surface area contributed by atoms with Crippen molar-refractivity contribution in [3.63, 3.8) is 0 Å². The first-order valence-electron chi connectivity index (χ1n) is 19.3. The molecule has 1 aromatic heterocycles. The molecule has 0 N–H and O–H groups in total. The van der Waals surface area contributed by atoms with Gasteiger partial charge in [-0.1, -0.05) is 78.9 Å². The van der Waals surface area contributed by atoms with Gasteiger partial charge in [0.05, 0.1) is 56.9 Å². The Morgan fingerprint density at radius 3 is 0.817 bits per heavy atom. The van der Waals surface area contributed by atoms with Gasteiger partial charge in [0.25, 0.3) is 0 Å². The second kappa shape index (κ2) is 19.0. The highest BCUT2D eigenvalue weighted by Crippen LogP contribution is 2.41. The summed E-state index contributed by atoms with van der Waals surface area (Å²) >= 11 is 0. The number of benzene rings is 5. The van der Waals surface area contributed by atoms with Gasteiger partial charge in [0.2, 0.25) is 0 Å². The van der Waals surface area contributed by atoms with E-state index in [1.165, 1.54) is 11.3 Å². The number of rotatable bonds is 6. The molecule has 27 heteroatoms. The third kappa shape index (κ3) is 12.9. The molecule has 0 unspecified atom stereocenters. The third-order valence-electron chi connectivity index (χ3n) is 10.7. The number of halogens is 24. The van der Waals surface area contributed by atoms with E-state index in [1.807, 2.05) is 24.7 Å². The fourth-order valence-corrected chi connectivity index (χ4v) is 7.49. The molecular weight excluding hydrogens is 1020 g/mol. The van der Waals surface area contributed by atoms with Gasteiger partial charge in [-0.2, -0.15) is 132 Å². The summed E-state index contributed by atoms with van der Waals surface area (Å²) in [6.45, 7) is 2.98. The van der Waals surface area contributed by atoms with Gasteiger partial charge in [-0.25, -0.2) is 0 Å². The molecule has 6 aromatic rings. The summed E-state index contributed by atoms with van der Waals surface area (Å²) in [5, 5.41) is 0. The minimum Gasteiger partial charge on any atom is -0.252 e. The van der Waals surface area contributed by atoms with Crippen molar-refractivity contribution < 1.29 is 110 Å². The number of aryl methyl sites for hydroxylation is 1. The van der Waals surface area contributed by atoms with Crippen LogP contribution in [0.15, 0.2) is 122 Å². The molecule has 6 rings (SSSR count). The Labute approximate surface area is 383 Å². The standard InChI is InChI=1S/C32H12BF24.C12H13N2/c34-25(35,36)13-1-14(26(37,38)39)6-21(5-13)33(22-7-15(27(40,41)42)2-16(8-22)28(43,44)45,23-9-17(29(46,47)48)3-18(10-23)30(49,50)51)24-11-19(31(52,53)54)4-20(12-24)32(55,56)57;1-11-9-13-7-8-14(11)10-12-5-3-2-4-6-12/h1-12H;2-9H,10H2,1H3/q-1;+1. The molecule has 0 spiro atoms. The molecule has 0 bridgehead atoms. The van der Waals surface area contributed by atoms with Crippen LogP contribution in [-0.4, -0.2) is 11.1 Å². The minimum atomic E-state index is -6.13. The summed E-state index contributed by atoms with van der Waals surface area (Å²) in [6, 6.07) is 1.61. The maximum Gasteiger partial charge on any atom is 0.416 e. The van der Waals surface area contributed by atoms with Crippen molar-refractivity contribution in [2.45, 2.75) is 62.9 Å². The fraction of sp³-hybridized carbons (Fsp3) is 0.227. The first-order chi connectivity index (χ1) is 32.1. The maximum absolute atomic E-state index is 14.2. The van der Waals surface area contributed by atoms with E-state index in [9.17, 15) is 105 Å². The predicted molar refractivity (Wildman–Crippen MR) is 205 cm³/mol. The molecule has 5 aromatic carbocycles. The number of aromatic nitrogens is 2. The average molecular weight is 1050 g/mol. The van der Waals surface area contributed by atoms with Crippen LogP contribution in [0.5, 0.6) is 0 Å². The Bertz CT molecular complexity index is 2410. The molecule has 71 heavy (non-hydrogen) atoms. The van der Waals surface area contributed by atoms with Gasteiger partial charge in [0, 0.05) is 12.5 Å². The highest BCUT2D eigenvalue weighted by Gasteiger charge is 2.47. The Morgan fingerprint density at radius 1 is 0.366 bits per heavy atom. The fourth-order valence-electron chi connectivity index (χ4n) is 7.49. The second-order valence-corrected chi connectivity index (χ2v) is 15.6. The van der Waals surface area contributed by atoms with Gasteiger partial charge >= 0.3 is 49.4 Å². The van der Waals surface area contributed by atoms with Gasteiger partial charge in [-0.3, -0.25) is 4.98 Å². The molecule has 0 fully saturated rings. The first kappa shape index (κ1) is 55.5. The van der Waals surface area contributed by atoms with Crippen molar-refractivity contribution >= 4 is 28.0 Å². The molecule has 0 saturated carbocycles. The summed E-state index contributed by atoms with van der Waals surface area (Å²) in [5.74, 6) is 0. The van der Waals surface area contributed by atoms with Gasteiger partial charge < -0.3 is 0 Å². The number of alkyl halides is 24. The van der Waals surface area contributed by atoms with Crippen LogP contribution in [-0.2, 0) is 56.0 Å². The Kier molecular flexibility index (Phi) is 14.8. The highest BCUT2D eigenvalue weighted by atomic mass is 19.4. The lowest BCUT2D eigenvalue weighted by atomic mass is 9.12. The zero-order valence-electron chi connectivity index (χ0n) is 34.8. The summed E-state index contributed by atoms with van der Waals surface area (Å²) in [4.78, 5) is 4.07. The van der Waals surface area contributed by atoms with Crippen LogP contribution in [0.2, 0.25) is 0 Å². The Hall–Kier alpha value is -6.44. The SMILES string of the molecule is Cc1cncc[n+]1Cc1ccccc1.FC(F)(F)c1cc([B-](c2cc(C(F)(F)F)cc(C(F)(F)F)c2)(c2cc(C(F)(F)F)cc(C(F)(F)F)c2)c2cc(C(F)(F)F)cc(C(F)(F)F)c2)cc(C(F)(F)F)c1. The summed E-state index contributed by atoms with van der Waals surface area (Å²) in [5.41, 5.74) is -27.7. The van der Waals surface area contributed by atoms with Gasteiger partial charge in [0.1, 0.15) is 6.15 Å². The number of hydrogen-bond acceptors (Lipinski definition) is 1. The normalized spacial score (nSPS) is 13.5. The molecule has 2 nitrogen and oxygen atoms in total. The Balaban J connectivity index is 0.000000569. The van der Waals surface area contributed by atoms with E-state index in [0.29, 0.717) is 0 Å². The predicted octanol–water partition coefficient (Wildman–Crippen LogP) is 12.9. The zero-order chi connectivity index (χ0) is 53.7. The van der Waals surface area contributed by atoms with E-state index in [4.69, 9.17) is 0 Å². The van der Waals surface area contributed by atoms with Crippen molar-refractivity contribution in [3.8, 4) is 0 Å². The van der Waals surface area contributed by atoms with Crippen molar-refractivity contribution in [1.29, 1.82) is 0 Å². The van der Waals surface area contributed by atoms with Crippen LogP contribution in [0, 0.1) is 6.92 Å². The number of nitrogens with zero attached hydrogens (tertiary/aromatic N) is 2. The lowest BCUT2D eigenvalue weighted by molar-refractivity contribution is -0.694. The van der Waals surface area contributed by atoms with Crippen LogP contribution < -0.4 is 26.4 Å². The molecular formula is C44H25BF24N2. The molecule has 382 valence electrons. The molecule has 0 aliphatic heterocycles. The van der Waals surface area contributed by atoms with Crippen LogP contribution in [0.3, 0.4) is 0 Å². The molecule has 0 amide bonds. The highest BCUT2D eigenvalue weighted by molar-refractivity contribution is 7.20. The van der Waals surface area contributed by atoms with Gasteiger partial charge in [-0.05, 0) is 24.3 Å². The maximum atomic E-state index is 14.2. The van der Waals surface area contributed by atoms with Crippen LogP contribution in [0.25, 0.3) is 0 Å². The largest absolute Gasteiger partial charge is 0.416 e. The van der Waals surface area contributed by atoms with E-state index in [0.717, 1.165) is 6.54 Å². The van der Waals surface area contributed by atoms with E-state index in [1.54, 1.807) is 0 Å². The van der Waals surface area contributed by atoms with Crippen LogP contribution >= 0.6 is 0 Å². The molecule has 0 saturated heterocycles. The lowest BCUT2D eigenvalue weighted by Gasteiger charge is -2.46. The number of hydrogen-bond donors (Lipinski definition) is 0. The lowest BCUT2D eigenvalue weighted by Crippen LogP contribution is -2.75. The topological polar surface area (TPSA) is 16.8 Å². The van der Waals surface area contributed by atoms with E-state index >= 15 is 0 Å². The quantitative estimate of drug-likeness (QED) is 0.0923. The summed E-state index contributed by atoms with van der Waals surface area (Å²) in [6.07, 6.45) is -49.1. The minimum absolute atomic E-state index is 0.691. The van der Waals surface area contributed by atoms with Crippen LogP contribution in [0.1, 0.15) is 55.8 Å². The molecule has 0 radical (unpaired) electrons. The van der Waals surface area contributed by atoms with Crippen molar-refractivity contribution in [2.24, 2.45) is 0 Å². The average Bonchev–Trinajstić information content (AvgIpc) is 3.22. The van der Waals surface area contributed by atoms with Crippen molar-refractivity contribution in [1.82, 2.24) is 4.98 Å². The van der Waals surface area contributed by atoms with E-state index < -0.39 is 195 Å². The van der Waals surface area contributed by atoms with Crippen LogP contribution in [0.4, 0.5) is 105 Å². The Morgan fingerprint density at radius 2 is 0.606 bits per heavy atom. The van der Waals surface area contributed by atoms with Gasteiger partial charge in [-0.15, -0.1) is 0 Å². The van der Waals surface area contributed by atoms with Crippen molar-refractivity contribution in [3.05, 3.63) is 177 Å². The smallest absolute Gasteiger partial charge is 0.252 e. The zero-order valence-corrected chi connectivity index (χ0v) is 34.8. The molecule has 0 aliphatic rings. The second-order valence-electron chi connectivity index (χ2n) is 15.6. The summed E-state index contributed by atoms with van der Waals surface area (Å²) in [7, 11) is 0. The monoisotopic (exact) mass is 1050 g/mol. The van der Waals surface area contributed by atoms with E-state index in [-0.39, 0.29) is 0 Å². The molecule has 0 aliphatic carbocycles. The summed E-state index contributed by atoms with van der Waals surface area (Å²) < 4.78 is 343. The third-order valence-corrected chi connectivity index (χ3v) is 10.7. The van der Waals surface area contributed by atoms with Gasteiger partial charge in [0.15, 0.2) is 18.4 Å². The van der Waals surface area contributed by atoms with E-state index in [2.05, 4.69) is 40.7 Å². The van der Waals surface area contributed by atoms with Crippen molar-refractivity contribution in [2.75, 3.05) is 0 Å². The molecule has 0 atom stereocenters. The molecule has 1 heterocycles.